The number of para-hydroxylation sites is 1. The summed E-state index contributed by atoms with van der Waals surface area (Å²) in [4.78, 5) is 0. The maximum Gasteiger partial charge on any atom is 0.132 e. The van der Waals surface area contributed by atoms with Crippen molar-refractivity contribution in [1.29, 1.82) is 0 Å². The molecule has 4 aliphatic rings. The van der Waals surface area contributed by atoms with Gasteiger partial charge >= 0.3 is 0 Å². The van der Waals surface area contributed by atoms with Gasteiger partial charge in [-0.1, -0.05) is 176 Å². The van der Waals surface area contributed by atoms with Gasteiger partial charge in [-0.25, -0.2) is 0 Å². The van der Waals surface area contributed by atoms with Crippen LogP contribution in [0.25, 0.3) is 55.3 Å². The van der Waals surface area contributed by atoms with Crippen molar-refractivity contribution in [2.24, 2.45) is 0 Å². The second-order valence-electron chi connectivity index (χ2n) is 15.4. The van der Waals surface area contributed by atoms with Crippen LogP contribution in [0.2, 0.25) is 0 Å². The van der Waals surface area contributed by atoms with Gasteiger partial charge in [0.15, 0.2) is 0 Å². The molecule has 0 radical (unpaired) electrons. The van der Waals surface area contributed by atoms with Gasteiger partial charge in [-0.3, -0.25) is 0 Å². The van der Waals surface area contributed by atoms with Gasteiger partial charge in [0.25, 0.3) is 0 Å². The molecule has 55 heavy (non-hydrogen) atoms. The largest absolute Gasteiger partial charge is 0.457 e. The molecule has 0 saturated carbocycles. The first-order valence-corrected chi connectivity index (χ1v) is 19.3. The molecular formula is C54H32O. The molecule has 0 saturated heterocycles. The highest BCUT2D eigenvalue weighted by atomic mass is 16.5. The van der Waals surface area contributed by atoms with Gasteiger partial charge in [-0.2, -0.15) is 0 Å². The maximum absolute atomic E-state index is 6.82. The summed E-state index contributed by atoms with van der Waals surface area (Å²) in [7, 11) is 0. The first-order valence-electron chi connectivity index (χ1n) is 19.3. The van der Waals surface area contributed by atoms with Crippen LogP contribution < -0.4 is 4.74 Å². The van der Waals surface area contributed by atoms with Crippen molar-refractivity contribution in [3.05, 3.63) is 239 Å². The van der Waals surface area contributed by atoms with E-state index in [0.717, 1.165) is 11.5 Å². The number of ether oxygens (including phenoxy) is 1. The van der Waals surface area contributed by atoms with E-state index in [2.05, 4.69) is 194 Å². The van der Waals surface area contributed by atoms with Crippen LogP contribution in [0, 0.1) is 0 Å². The van der Waals surface area contributed by atoms with Crippen LogP contribution in [0.4, 0.5) is 0 Å². The SMILES string of the molecule is c1ccc2c(c1)Oc1ccc(-c3cccc4c3-c3ccccc3C43c4ccccc4-c4c3ccc3ccccc43)cc1C21c2ccccc2-c2ccccc21. The zero-order valence-electron chi connectivity index (χ0n) is 29.9. The van der Waals surface area contributed by atoms with Gasteiger partial charge < -0.3 is 4.74 Å². The van der Waals surface area contributed by atoms with E-state index in [4.69, 9.17) is 4.74 Å². The van der Waals surface area contributed by atoms with Gasteiger partial charge in [0.1, 0.15) is 11.5 Å². The molecular weight excluding hydrogens is 665 g/mol. The fourth-order valence-corrected chi connectivity index (χ4v) is 11.2. The first kappa shape index (κ1) is 29.5. The molecule has 0 fully saturated rings. The minimum absolute atomic E-state index is 0.432. The molecule has 1 heterocycles. The van der Waals surface area contributed by atoms with Gasteiger partial charge in [0.05, 0.1) is 10.8 Å². The normalized spacial score (nSPS) is 16.7. The Bertz CT molecular complexity index is 3100. The van der Waals surface area contributed by atoms with Crippen molar-refractivity contribution < 1.29 is 4.74 Å². The summed E-state index contributed by atoms with van der Waals surface area (Å²) in [6.07, 6.45) is 0. The van der Waals surface area contributed by atoms with Crippen molar-refractivity contribution in [3.63, 3.8) is 0 Å². The molecule has 254 valence electrons. The summed E-state index contributed by atoms with van der Waals surface area (Å²) >= 11 is 0. The molecule has 1 nitrogen and oxygen atoms in total. The fraction of sp³-hybridized carbons (Fsp3) is 0.0370. The van der Waals surface area contributed by atoms with Crippen LogP contribution in [0.1, 0.15) is 44.5 Å². The van der Waals surface area contributed by atoms with Gasteiger partial charge in [-0.15, -0.1) is 0 Å². The van der Waals surface area contributed by atoms with E-state index in [9.17, 15) is 0 Å². The van der Waals surface area contributed by atoms with E-state index < -0.39 is 10.8 Å². The van der Waals surface area contributed by atoms with Crippen molar-refractivity contribution in [2.75, 3.05) is 0 Å². The minimum Gasteiger partial charge on any atom is -0.457 e. The predicted octanol–water partition coefficient (Wildman–Crippen LogP) is 13.3. The highest BCUT2D eigenvalue weighted by Gasteiger charge is 2.54. The topological polar surface area (TPSA) is 9.23 Å². The zero-order valence-corrected chi connectivity index (χ0v) is 29.9. The summed E-state index contributed by atoms with van der Waals surface area (Å²) in [5, 5.41) is 2.58. The van der Waals surface area contributed by atoms with Crippen LogP contribution >= 0.6 is 0 Å². The quantitative estimate of drug-likeness (QED) is 0.166. The third-order valence-electron chi connectivity index (χ3n) is 13.2. The monoisotopic (exact) mass is 696 g/mol. The van der Waals surface area contributed by atoms with Crippen LogP contribution in [-0.2, 0) is 10.8 Å². The Morgan fingerprint density at radius 2 is 0.782 bits per heavy atom. The Balaban J connectivity index is 1.11. The molecule has 9 aromatic carbocycles. The summed E-state index contributed by atoms with van der Waals surface area (Å²) < 4.78 is 6.82. The lowest BCUT2D eigenvalue weighted by molar-refractivity contribution is 0.436. The lowest BCUT2D eigenvalue weighted by Crippen LogP contribution is -2.32. The summed E-state index contributed by atoms with van der Waals surface area (Å²) in [6, 6.07) is 72.4. The smallest absolute Gasteiger partial charge is 0.132 e. The van der Waals surface area contributed by atoms with Gasteiger partial charge in [0.2, 0.25) is 0 Å². The summed E-state index contributed by atoms with van der Waals surface area (Å²) in [5.41, 5.74) is 19.7. The Hall–Kier alpha value is -6.96. The molecule has 0 aromatic heterocycles. The molecule has 1 aliphatic heterocycles. The number of hydrogen-bond donors (Lipinski definition) is 0. The molecule has 1 heteroatoms. The van der Waals surface area contributed by atoms with Crippen molar-refractivity contribution >= 4 is 10.8 Å². The number of benzene rings is 9. The molecule has 2 spiro atoms. The van der Waals surface area contributed by atoms with E-state index in [-0.39, 0.29) is 0 Å². The molecule has 3 aliphatic carbocycles. The Kier molecular flexibility index (Phi) is 5.56. The third-order valence-corrected chi connectivity index (χ3v) is 13.2. The Labute approximate surface area is 319 Å². The van der Waals surface area contributed by atoms with Crippen LogP contribution in [-0.4, -0.2) is 0 Å². The molecule has 9 aromatic rings. The average Bonchev–Trinajstić information content (AvgIpc) is 3.84. The van der Waals surface area contributed by atoms with Crippen molar-refractivity contribution in [1.82, 2.24) is 0 Å². The van der Waals surface area contributed by atoms with E-state index in [1.807, 2.05) is 0 Å². The third kappa shape index (κ3) is 3.42. The summed E-state index contributed by atoms with van der Waals surface area (Å²) in [5.74, 6) is 1.82. The molecule has 13 rings (SSSR count). The Morgan fingerprint density at radius 1 is 0.291 bits per heavy atom. The Morgan fingerprint density at radius 3 is 1.51 bits per heavy atom. The number of fused-ring (bicyclic) bond motifs is 21. The van der Waals surface area contributed by atoms with Gasteiger partial charge in [-0.05, 0) is 107 Å². The summed E-state index contributed by atoms with van der Waals surface area (Å²) in [6.45, 7) is 0. The van der Waals surface area contributed by atoms with Crippen LogP contribution in [0.3, 0.4) is 0 Å². The van der Waals surface area contributed by atoms with Crippen LogP contribution in [0.15, 0.2) is 194 Å². The average molecular weight is 697 g/mol. The van der Waals surface area contributed by atoms with Crippen molar-refractivity contribution in [3.8, 4) is 56.0 Å². The molecule has 0 bridgehead atoms. The molecule has 0 amide bonds. The molecule has 0 N–H and O–H groups in total. The lowest BCUT2D eigenvalue weighted by Gasteiger charge is -2.39. The second-order valence-corrected chi connectivity index (χ2v) is 15.4. The first-order chi connectivity index (χ1) is 27.3. The zero-order chi connectivity index (χ0) is 35.9. The van der Waals surface area contributed by atoms with E-state index in [1.54, 1.807) is 0 Å². The van der Waals surface area contributed by atoms with Gasteiger partial charge in [0, 0.05) is 11.1 Å². The molecule has 1 atom stereocenters. The number of rotatable bonds is 1. The lowest BCUT2D eigenvalue weighted by atomic mass is 9.65. The standard InChI is InChI=1S/C54H32O/c1-2-15-35-33(14-1)28-30-47-51(35)39-18-5-9-23-43(39)54(47)44-24-10-6-19-40(44)52-36(20-13-26-46(52)54)34-29-31-50-48(32-34)53(45-25-11-12-27-49(45)55-50)41-21-7-3-16-37(41)38-17-4-8-22-42(38)53/h1-32H. The second kappa shape index (κ2) is 10.4. The highest BCUT2D eigenvalue weighted by Crippen LogP contribution is 2.66. The van der Waals surface area contributed by atoms with E-state index >= 15 is 0 Å². The minimum atomic E-state index is -0.519. The maximum atomic E-state index is 6.82. The van der Waals surface area contributed by atoms with E-state index in [0.29, 0.717) is 0 Å². The number of hydrogen-bond acceptors (Lipinski definition) is 1. The fourth-order valence-electron chi connectivity index (χ4n) is 11.2. The van der Waals surface area contributed by atoms with Crippen LogP contribution in [0.5, 0.6) is 11.5 Å². The molecule has 1 unspecified atom stereocenters. The highest BCUT2D eigenvalue weighted by molar-refractivity contribution is 6.07. The van der Waals surface area contributed by atoms with Crippen molar-refractivity contribution in [2.45, 2.75) is 10.8 Å². The predicted molar refractivity (Wildman–Crippen MR) is 223 cm³/mol. The van der Waals surface area contributed by atoms with E-state index in [1.165, 1.54) is 99.8 Å².